The van der Waals surface area contributed by atoms with Crippen LogP contribution >= 0.6 is 0 Å². The lowest BCUT2D eigenvalue weighted by Gasteiger charge is -2.40. The largest absolute Gasteiger partial charge is 0.374 e. The summed E-state index contributed by atoms with van der Waals surface area (Å²) in [5.74, 6) is 0.834. The summed E-state index contributed by atoms with van der Waals surface area (Å²) in [7, 11) is 2.21. The maximum atomic E-state index is 6.01. The van der Waals surface area contributed by atoms with Gasteiger partial charge >= 0.3 is 0 Å². The van der Waals surface area contributed by atoms with Crippen molar-refractivity contribution >= 4 is 0 Å². The molecule has 3 heteroatoms. The van der Waals surface area contributed by atoms with Gasteiger partial charge in [-0.1, -0.05) is 26.2 Å². The topological polar surface area (TPSA) is 24.5 Å². The highest BCUT2D eigenvalue weighted by Gasteiger charge is 2.32. The van der Waals surface area contributed by atoms with Gasteiger partial charge in [0.15, 0.2) is 0 Å². The fraction of sp³-hybridized carbons (Fsp3) is 1.00. The van der Waals surface area contributed by atoms with Crippen molar-refractivity contribution in [3.8, 4) is 0 Å². The van der Waals surface area contributed by atoms with Crippen LogP contribution in [0.5, 0.6) is 0 Å². The van der Waals surface area contributed by atoms with E-state index in [0.29, 0.717) is 12.1 Å². The Kier molecular flexibility index (Phi) is 5.26. The molecule has 2 aliphatic rings. The Hall–Kier alpha value is -0.120. The van der Waals surface area contributed by atoms with E-state index in [0.717, 1.165) is 32.2 Å². The van der Waals surface area contributed by atoms with Crippen LogP contribution in [0.2, 0.25) is 0 Å². The molecule has 0 amide bonds. The Labute approximate surface area is 106 Å². The highest BCUT2D eigenvalue weighted by Crippen LogP contribution is 2.29. The van der Waals surface area contributed by atoms with Gasteiger partial charge in [-0.2, -0.15) is 0 Å². The summed E-state index contributed by atoms with van der Waals surface area (Å²) in [6.45, 7) is 6.34. The summed E-state index contributed by atoms with van der Waals surface area (Å²) < 4.78 is 6.01. The maximum absolute atomic E-state index is 6.01. The average Bonchev–Trinajstić information content (AvgIpc) is 2.37. The second kappa shape index (κ2) is 6.72. The molecule has 0 aromatic rings. The molecular formula is C14H28N2O. The molecule has 0 radical (unpaired) electrons. The Bertz CT molecular complexity index is 216. The molecule has 0 aromatic heterocycles. The average molecular weight is 240 g/mol. The number of rotatable bonds is 4. The van der Waals surface area contributed by atoms with Crippen LogP contribution in [-0.4, -0.2) is 50.3 Å². The van der Waals surface area contributed by atoms with Gasteiger partial charge in [-0.15, -0.1) is 0 Å². The lowest BCUT2D eigenvalue weighted by molar-refractivity contribution is -0.0520. The smallest absolute Gasteiger partial charge is 0.0857 e. The van der Waals surface area contributed by atoms with Crippen molar-refractivity contribution in [2.75, 3.05) is 33.3 Å². The molecule has 1 N–H and O–H groups in total. The first-order valence-electron chi connectivity index (χ1n) is 7.34. The number of morpholine rings is 1. The minimum absolute atomic E-state index is 0.400. The van der Waals surface area contributed by atoms with Crippen LogP contribution in [0.1, 0.15) is 39.0 Å². The summed E-state index contributed by atoms with van der Waals surface area (Å²) in [6.07, 6.45) is 7.44. The summed E-state index contributed by atoms with van der Waals surface area (Å²) in [5, 5.41) is 3.69. The van der Waals surface area contributed by atoms with E-state index in [4.69, 9.17) is 4.74 Å². The van der Waals surface area contributed by atoms with Crippen molar-refractivity contribution in [1.82, 2.24) is 10.2 Å². The highest BCUT2D eigenvalue weighted by atomic mass is 16.5. The highest BCUT2D eigenvalue weighted by molar-refractivity contribution is 4.88. The Morgan fingerprint density at radius 1 is 1.29 bits per heavy atom. The van der Waals surface area contributed by atoms with Crippen molar-refractivity contribution in [3.05, 3.63) is 0 Å². The molecule has 1 aliphatic carbocycles. The summed E-state index contributed by atoms with van der Waals surface area (Å²) in [5.41, 5.74) is 0. The van der Waals surface area contributed by atoms with E-state index in [1.165, 1.54) is 32.1 Å². The quantitative estimate of drug-likeness (QED) is 0.812. The molecular weight excluding hydrogens is 212 g/mol. The van der Waals surface area contributed by atoms with Gasteiger partial charge in [0.25, 0.3) is 0 Å². The molecule has 1 heterocycles. The standard InChI is InChI=1S/C14H28N2O/c1-3-15-14(12-7-5-4-6-8-12)13-11-16(2)9-10-17-13/h12-15H,3-11H2,1-2H3. The first kappa shape index (κ1) is 13.3. The van der Waals surface area contributed by atoms with Gasteiger partial charge in [0.05, 0.1) is 12.7 Å². The van der Waals surface area contributed by atoms with Gasteiger partial charge in [-0.05, 0) is 32.4 Å². The number of hydrogen-bond acceptors (Lipinski definition) is 3. The van der Waals surface area contributed by atoms with Gasteiger partial charge in [0.1, 0.15) is 0 Å². The zero-order chi connectivity index (χ0) is 12.1. The first-order chi connectivity index (χ1) is 8.31. The molecule has 0 bridgehead atoms. The zero-order valence-electron chi connectivity index (χ0n) is 11.5. The van der Waals surface area contributed by atoms with Crippen LogP contribution < -0.4 is 5.32 Å². The van der Waals surface area contributed by atoms with Crippen LogP contribution in [-0.2, 0) is 4.74 Å². The van der Waals surface area contributed by atoms with Crippen molar-refractivity contribution in [2.45, 2.75) is 51.2 Å². The molecule has 1 aliphatic heterocycles. The normalized spacial score (nSPS) is 30.4. The molecule has 1 saturated carbocycles. The van der Waals surface area contributed by atoms with Gasteiger partial charge in [0.2, 0.25) is 0 Å². The van der Waals surface area contributed by atoms with E-state index in [1.54, 1.807) is 0 Å². The third-order valence-electron chi connectivity index (χ3n) is 4.29. The molecule has 0 aromatic carbocycles. The lowest BCUT2D eigenvalue weighted by Crippen LogP contribution is -2.54. The van der Waals surface area contributed by atoms with Gasteiger partial charge in [0, 0.05) is 19.1 Å². The minimum Gasteiger partial charge on any atom is -0.374 e. The van der Waals surface area contributed by atoms with Crippen molar-refractivity contribution < 1.29 is 4.74 Å². The third-order valence-corrected chi connectivity index (χ3v) is 4.29. The molecule has 2 fully saturated rings. The van der Waals surface area contributed by atoms with Crippen LogP contribution in [0.4, 0.5) is 0 Å². The Morgan fingerprint density at radius 2 is 2.06 bits per heavy atom. The summed E-state index contributed by atoms with van der Waals surface area (Å²) in [6, 6.07) is 0.572. The third kappa shape index (κ3) is 3.67. The van der Waals surface area contributed by atoms with Crippen LogP contribution in [0, 0.1) is 5.92 Å². The molecule has 100 valence electrons. The molecule has 0 spiro atoms. The molecule has 2 unspecified atom stereocenters. The Balaban J connectivity index is 1.94. The SMILES string of the molecule is CCNC(C1CCCCC1)C1CN(C)CCO1. The molecule has 2 atom stereocenters. The minimum atomic E-state index is 0.400. The van der Waals surface area contributed by atoms with Crippen molar-refractivity contribution in [1.29, 1.82) is 0 Å². The maximum Gasteiger partial charge on any atom is 0.0857 e. The van der Waals surface area contributed by atoms with Crippen LogP contribution in [0.15, 0.2) is 0 Å². The van der Waals surface area contributed by atoms with E-state index < -0.39 is 0 Å². The van der Waals surface area contributed by atoms with Gasteiger partial charge in [-0.3, -0.25) is 0 Å². The van der Waals surface area contributed by atoms with E-state index >= 15 is 0 Å². The summed E-state index contributed by atoms with van der Waals surface area (Å²) in [4.78, 5) is 2.40. The van der Waals surface area contributed by atoms with Crippen LogP contribution in [0.25, 0.3) is 0 Å². The number of ether oxygens (including phenoxy) is 1. The van der Waals surface area contributed by atoms with E-state index in [-0.39, 0.29) is 0 Å². The molecule has 17 heavy (non-hydrogen) atoms. The lowest BCUT2D eigenvalue weighted by atomic mass is 9.81. The number of likely N-dealkylation sites (N-methyl/N-ethyl adjacent to an activating group) is 2. The fourth-order valence-corrected chi connectivity index (χ4v) is 3.36. The molecule has 3 nitrogen and oxygen atoms in total. The first-order valence-corrected chi connectivity index (χ1v) is 7.34. The van der Waals surface area contributed by atoms with Crippen molar-refractivity contribution in [3.63, 3.8) is 0 Å². The second-order valence-corrected chi connectivity index (χ2v) is 5.65. The predicted molar refractivity (Wildman–Crippen MR) is 71.3 cm³/mol. The summed E-state index contributed by atoms with van der Waals surface area (Å²) >= 11 is 0. The van der Waals surface area contributed by atoms with E-state index in [2.05, 4.69) is 24.2 Å². The number of nitrogens with one attached hydrogen (secondary N) is 1. The zero-order valence-corrected chi connectivity index (χ0v) is 11.5. The van der Waals surface area contributed by atoms with Crippen LogP contribution in [0.3, 0.4) is 0 Å². The van der Waals surface area contributed by atoms with E-state index in [9.17, 15) is 0 Å². The second-order valence-electron chi connectivity index (χ2n) is 5.65. The van der Waals surface area contributed by atoms with Gasteiger partial charge in [-0.25, -0.2) is 0 Å². The number of nitrogens with zero attached hydrogens (tertiary/aromatic N) is 1. The van der Waals surface area contributed by atoms with E-state index in [1.807, 2.05) is 0 Å². The fourth-order valence-electron chi connectivity index (χ4n) is 3.36. The molecule has 2 rings (SSSR count). The predicted octanol–water partition coefficient (Wildman–Crippen LogP) is 1.88. The number of hydrogen-bond donors (Lipinski definition) is 1. The Morgan fingerprint density at radius 3 is 2.71 bits per heavy atom. The molecule has 1 saturated heterocycles. The monoisotopic (exact) mass is 240 g/mol. The van der Waals surface area contributed by atoms with Crippen molar-refractivity contribution in [2.24, 2.45) is 5.92 Å². The van der Waals surface area contributed by atoms with Gasteiger partial charge < -0.3 is 15.0 Å².